The molecule has 0 aliphatic heterocycles. The molecule has 0 atom stereocenters. The summed E-state index contributed by atoms with van der Waals surface area (Å²) in [5, 5.41) is 0. The lowest BCUT2D eigenvalue weighted by molar-refractivity contribution is -0.146. The average Bonchev–Trinajstić information content (AvgIpc) is 2.48. The summed E-state index contributed by atoms with van der Waals surface area (Å²) in [4.78, 5) is 35.8. The molecule has 0 aliphatic carbocycles. The molecule has 23 heavy (non-hydrogen) atoms. The molecule has 0 unspecified atom stereocenters. The SMILES string of the molecule is CCOC(=O)C(=C/C(C(=O)OCC)=C(/N)OCC)C(=O)OCC. The van der Waals surface area contributed by atoms with Crippen molar-refractivity contribution in [2.45, 2.75) is 27.7 Å². The van der Waals surface area contributed by atoms with E-state index in [0.717, 1.165) is 6.08 Å². The van der Waals surface area contributed by atoms with Gasteiger partial charge in [-0.1, -0.05) is 0 Å². The molecule has 8 nitrogen and oxygen atoms in total. The third-order valence-electron chi connectivity index (χ3n) is 2.34. The molecule has 0 aromatic rings. The molecule has 0 aromatic carbocycles. The summed E-state index contributed by atoms with van der Waals surface area (Å²) < 4.78 is 19.5. The molecular weight excluding hydrogens is 306 g/mol. The molecule has 0 aromatic heterocycles. The first-order valence-electron chi connectivity index (χ1n) is 7.28. The molecule has 2 N–H and O–H groups in total. The second kappa shape index (κ2) is 11.1. The Labute approximate surface area is 135 Å². The smallest absolute Gasteiger partial charge is 0.345 e. The highest BCUT2D eigenvalue weighted by Crippen LogP contribution is 2.12. The van der Waals surface area contributed by atoms with E-state index in [1.807, 2.05) is 0 Å². The van der Waals surface area contributed by atoms with Gasteiger partial charge < -0.3 is 24.7 Å². The summed E-state index contributed by atoms with van der Waals surface area (Å²) in [5.41, 5.74) is 4.93. The number of rotatable bonds is 9. The highest BCUT2D eigenvalue weighted by Gasteiger charge is 2.25. The molecular formula is C15H23NO7. The Bertz CT molecular complexity index is 474. The van der Waals surface area contributed by atoms with Gasteiger partial charge in [0.15, 0.2) is 5.88 Å². The molecule has 0 aliphatic rings. The van der Waals surface area contributed by atoms with Crippen molar-refractivity contribution in [3.63, 3.8) is 0 Å². The molecule has 0 rings (SSSR count). The molecule has 0 saturated heterocycles. The van der Waals surface area contributed by atoms with Crippen LogP contribution in [-0.4, -0.2) is 44.3 Å². The van der Waals surface area contributed by atoms with E-state index >= 15 is 0 Å². The van der Waals surface area contributed by atoms with E-state index in [9.17, 15) is 14.4 Å². The van der Waals surface area contributed by atoms with Crippen LogP contribution < -0.4 is 5.73 Å². The van der Waals surface area contributed by atoms with E-state index < -0.39 is 23.5 Å². The minimum absolute atomic E-state index is 0.0506. The van der Waals surface area contributed by atoms with E-state index in [2.05, 4.69) is 0 Å². The number of esters is 3. The van der Waals surface area contributed by atoms with Crippen molar-refractivity contribution in [2.75, 3.05) is 26.4 Å². The molecule has 0 amide bonds. The summed E-state index contributed by atoms with van der Waals surface area (Å²) in [5.74, 6) is -2.96. The maximum Gasteiger partial charge on any atom is 0.345 e. The molecule has 0 spiro atoms. The Morgan fingerprint density at radius 1 is 0.739 bits per heavy atom. The first-order chi connectivity index (χ1) is 10.9. The van der Waals surface area contributed by atoms with Crippen LogP contribution >= 0.6 is 0 Å². The van der Waals surface area contributed by atoms with E-state index in [4.69, 9.17) is 24.7 Å². The zero-order chi connectivity index (χ0) is 17.8. The fourth-order valence-corrected chi connectivity index (χ4v) is 1.44. The first kappa shape index (κ1) is 20.5. The van der Waals surface area contributed by atoms with Gasteiger partial charge in [-0.3, -0.25) is 0 Å². The molecule has 0 saturated carbocycles. The van der Waals surface area contributed by atoms with Crippen molar-refractivity contribution >= 4 is 17.9 Å². The minimum atomic E-state index is -0.933. The van der Waals surface area contributed by atoms with Crippen molar-refractivity contribution in [3.05, 3.63) is 23.1 Å². The fourth-order valence-electron chi connectivity index (χ4n) is 1.44. The average molecular weight is 329 g/mol. The summed E-state index contributed by atoms with van der Waals surface area (Å²) in [6, 6.07) is 0. The van der Waals surface area contributed by atoms with Gasteiger partial charge in [0.25, 0.3) is 0 Å². The van der Waals surface area contributed by atoms with Crippen molar-refractivity contribution in [3.8, 4) is 0 Å². The monoisotopic (exact) mass is 329 g/mol. The van der Waals surface area contributed by atoms with Crippen LogP contribution in [0.2, 0.25) is 0 Å². The van der Waals surface area contributed by atoms with E-state index in [0.29, 0.717) is 0 Å². The van der Waals surface area contributed by atoms with Gasteiger partial charge in [-0.15, -0.1) is 0 Å². The van der Waals surface area contributed by atoms with Gasteiger partial charge in [-0.25, -0.2) is 14.4 Å². The fraction of sp³-hybridized carbons (Fsp3) is 0.533. The maximum absolute atomic E-state index is 12.0. The molecule has 130 valence electrons. The number of hydrogen-bond acceptors (Lipinski definition) is 8. The van der Waals surface area contributed by atoms with Crippen molar-refractivity contribution < 1.29 is 33.3 Å². The zero-order valence-electron chi connectivity index (χ0n) is 13.8. The quantitative estimate of drug-likeness (QED) is 0.126. The van der Waals surface area contributed by atoms with Gasteiger partial charge in [0.05, 0.1) is 26.4 Å². The number of carbonyl (C=O) groups is 3. The lowest BCUT2D eigenvalue weighted by Gasteiger charge is -2.10. The summed E-state index contributed by atoms with van der Waals surface area (Å²) in [6.45, 7) is 6.81. The van der Waals surface area contributed by atoms with Crippen molar-refractivity contribution in [1.29, 1.82) is 0 Å². The van der Waals surface area contributed by atoms with Crippen molar-refractivity contribution in [2.24, 2.45) is 5.73 Å². The van der Waals surface area contributed by atoms with E-state index in [1.165, 1.54) is 0 Å². The van der Waals surface area contributed by atoms with Crippen LogP contribution in [0.25, 0.3) is 0 Å². The van der Waals surface area contributed by atoms with E-state index in [-0.39, 0.29) is 37.9 Å². The summed E-state index contributed by atoms with van der Waals surface area (Å²) in [7, 11) is 0. The minimum Gasteiger partial charge on any atom is -0.479 e. The van der Waals surface area contributed by atoms with Gasteiger partial charge in [-0.05, 0) is 33.8 Å². The number of carbonyl (C=O) groups excluding carboxylic acids is 3. The van der Waals surface area contributed by atoms with Crippen LogP contribution in [0.5, 0.6) is 0 Å². The van der Waals surface area contributed by atoms with Crippen LogP contribution in [0.1, 0.15) is 27.7 Å². The number of hydrogen-bond donors (Lipinski definition) is 1. The Kier molecular flexibility index (Phi) is 9.90. The van der Waals surface area contributed by atoms with Gasteiger partial charge in [-0.2, -0.15) is 0 Å². The van der Waals surface area contributed by atoms with Crippen LogP contribution in [0.4, 0.5) is 0 Å². The number of nitrogens with two attached hydrogens (primary N) is 1. The van der Waals surface area contributed by atoms with Crippen LogP contribution in [0.3, 0.4) is 0 Å². The predicted octanol–water partition coefficient (Wildman–Crippen LogP) is 0.809. The van der Waals surface area contributed by atoms with Gasteiger partial charge >= 0.3 is 17.9 Å². The zero-order valence-corrected chi connectivity index (χ0v) is 13.8. The molecule has 0 fully saturated rings. The lowest BCUT2D eigenvalue weighted by atomic mass is 10.1. The molecule has 0 radical (unpaired) electrons. The standard InChI is InChI=1S/C15H23NO7/c1-5-20-12(16)10(13(17)21-6-2)9-11(14(18)22-7-3)15(19)23-8-4/h9H,5-8,16H2,1-4H3/b12-10+. The Balaban J connectivity index is 5.89. The van der Waals surface area contributed by atoms with Gasteiger partial charge in [0, 0.05) is 0 Å². The lowest BCUT2D eigenvalue weighted by Crippen LogP contribution is -2.21. The predicted molar refractivity (Wildman–Crippen MR) is 80.8 cm³/mol. The normalized spacial score (nSPS) is 11.0. The summed E-state index contributed by atoms with van der Waals surface area (Å²) >= 11 is 0. The Morgan fingerprint density at radius 3 is 1.52 bits per heavy atom. The third kappa shape index (κ3) is 6.86. The largest absolute Gasteiger partial charge is 0.479 e. The second-order valence-corrected chi connectivity index (χ2v) is 3.93. The van der Waals surface area contributed by atoms with E-state index in [1.54, 1.807) is 27.7 Å². The van der Waals surface area contributed by atoms with Crippen LogP contribution in [-0.2, 0) is 33.3 Å². The van der Waals surface area contributed by atoms with Gasteiger partial charge in [0.2, 0.25) is 0 Å². The Hall–Kier alpha value is -2.51. The van der Waals surface area contributed by atoms with Crippen molar-refractivity contribution in [1.82, 2.24) is 0 Å². The topological polar surface area (TPSA) is 114 Å². The van der Waals surface area contributed by atoms with Crippen LogP contribution in [0, 0.1) is 0 Å². The second-order valence-electron chi connectivity index (χ2n) is 3.93. The molecule has 0 heterocycles. The van der Waals surface area contributed by atoms with Crippen LogP contribution in [0.15, 0.2) is 23.1 Å². The molecule has 8 heteroatoms. The maximum atomic E-state index is 12.0. The third-order valence-corrected chi connectivity index (χ3v) is 2.34. The first-order valence-corrected chi connectivity index (χ1v) is 7.28. The Morgan fingerprint density at radius 2 is 1.13 bits per heavy atom. The highest BCUT2D eigenvalue weighted by atomic mass is 16.6. The summed E-state index contributed by atoms with van der Waals surface area (Å²) in [6.07, 6.45) is 0.957. The highest BCUT2D eigenvalue weighted by molar-refractivity contribution is 6.15. The van der Waals surface area contributed by atoms with Gasteiger partial charge in [0.1, 0.15) is 11.1 Å². The molecule has 0 bridgehead atoms. The number of ether oxygens (including phenoxy) is 4.